The fraction of sp³-hybridized carbons (Fsp3) is 0.745. The molecule has 0 spiro atoms. The topological polar surface area (TPSA) is 307 Å². The first-order valence-corrected chi connectivity index (χ1v) is 25.2. The number of hydrogen-bond donors (Lipinski definition) is 12. The average Bonchev–Trinajstić information content (AvgIpc) is 3.35. The molecule has 1 amide bonds. The van der Waals surface area contributed by atoms with E-state index in [0.29, 0.717) is 12.8 Å². The lowest BCUT2D eigenvalue weighted by atomic mass is 9.96. The minimum atomic E-state index is -1.99. The molecule has 0 aromatic carbocycles. The number of carbonyl (C=O) groups is 1. The molecule has 0 aromatic heterocycles. The fourth-order valence-corrected chi connectivity index (χ4v) is 8.08. The Morgan fingerprint density at radius 2 is 0.971 bits per heavy atom. The number of aliphatic hydroxyl groups excluding tert-OH is 11. The van der Waals surface area contributed by atoms with Gasteiger partial charge in [0.15, 0.2) is 18.9 Å². The second kappa shape index (κ2) is 35.4. The Kier molecular flexibility index (Phi) is 31.1. The van der Waals surface area contributed by atoms with Crippen LogP contribution in [-0.4, -0.2) is 193 Å². The summed E-state index contributed by atoms with van der Waals surface area (Å²) in [7, 11) is 0. The van der Waals surface area contributed by atoms with E-state index < -0.39 is 137 Å². The summed E-state index contributed by atoms with van der Waals surface area (Å²) >= 11 is 0. The van der Waals surface area contributed by atoms with Gasteiger partial charge in [-0.2, -0.15) is 0 Å². The third-order valence-electron chi connectivity index (χ3n) is 12.3. The second-order valence-corrected chi connectivity index (χ2v) is 17.9. The van der Waals surface area contributed by atoms with Gasteiger partial charge in [0.2, 0.25) is 5.91 Å². The van der Waals surface area contributed by atoms with Crippen LogP contribution in [0.1, 0.15) is 110 Å². The van der Waals surface area contributed by atoms with Crippen LogP contribution >= 0.6 is 0 Å². The van der Waals surface area contributed by atoms with Crippen molar-refractivity contribution in [3.63, 3.8) is 0 Å². The van der Waals surface area contributed by atoms with Crippen LogP contribution in [0.5, 0.6) is 0 Å². The molecule has 3 saturated heterocycles. The fourth-order valence-electron chi connectivity index (χ4n) is 8.08. The first kappa shape index (κ1) is 61.5. The molecule has 0 saturated carbocycles. The summed E-state index contributed by atoms with van der Waals surface area (Å²) in [6.07, 6.45) is 10.9. The monoisotopic (exact) mass is 1000 g/mol. The zero-order valence-corrected chi connectivity index (χ0v) is 41.0. The Hall–Kier alpha value is -2.77. The first-order chi connectivity index (χ1) is 33.8. The predicted octanol–water partition coefficient (Wildman–Crippen LogP) is 1.53. The van der Waals surface area contributed by atoms with Crippen molar-refractivity contribution in [2.24, 2.45) is 0 Å². The standard InChI is InChI=1S/C51H85NO18/c1-3-5-7-9-11-13-15-16-17-18-19-21-23-25-27-29-39(57)52-34(35(56)28-26-24-22-20-14-12-10-8-6-4-2)33-65-49-45(63)42(60)47(37(31-54)67-49)70-51-46(64)43(61)48(38(32-55)68-51)69-50-44(62)41(59)40(58)36(30-53)66-50/h5,7,11,13,16-17,19,21,25-28,34-38,40-51,53-56,58-64H,3-4,6,8-10,12,14-15,18,20,22-24,29-33H2,1-2H3,(H,52,57)/b7-5-,13-11-,17-16-,21-19-,27-25-,28-26+. The highest BCUT2D eigenvalue weighted by Crippen LogP contribution is 2.33. The van der Waals surface area contributed by atoms with Gasteiger partial charge in [0.25, 0.3) is 0 Å². The van der Waals surface area contributed by atoms with E-state index in [1.54, 1.807) is 12.2 Å². The van der Waals surface area contributed by atoms with Gasteiger partial charge in [-0.3, -0.25) is 4.79 Å². The second-order valence-electron chi connectivity index (χ2n) is 17.9. The van der Waals surface area contributed by atoms with E-state index in [-0.39, 0.29) is 6.42 Å². The van der Waals surface area contributed by atoms with Crippen molar-refractivity contribution in [2.45, 2.75) is 214 Å². The summed E-state index contributed by atoms with van der Waals surface area (Å²) in [5, 5.41) is 119. The molecule has 0 radical (unpaired) electrons. The van der Waals surface area contributed by atoms with Gasteiger partial charge >= 0.3 is 0 Å². The van der Waals surface area contributed by atoms with Gasteiger partial charge in [0, 0.05) is 6.42 Å². The quantitative estimate of drug-likeness (QED) is 0.0328. The van der Waals surface area contributed by atoms with Crippen molar-refractivity contribution in [1.82, 2.24) is 5.32 Å². The molecule has 17 unspecified atom stereocenters. The minimum absolute atomic E-state index is 0.00708. The number of allylic oxidation sites excluding steroid dienone is 10. The molecular formula is C51H85NO18. The largest absolute Gasteiger partial charge is 0.394 e. The van der Waals surface area contributed by atoms with Crippen LogP contribution in [0.2, 0.25) is 0 Å². The van der Waals surface area contributed by atoms with Gasteiger partial charge in [-0.25, -0.2) is 0 Å². The minimum Gasteiger partial charge on any atom is -0.394 e. The Morgan fingerprint density at radius 1 is 0.529 bits per heavy atom. The molecule has 0 bridgehead atoms. The molecule has 0 aliphatic carbocycles. The smallest absolute Gasteiger partial charge is 0.224 e. The van der Waals surface area contributed by atoms with Crippen molar-refractivity contribution < 1.29 is 89.4 Å². The van der Waals surface area contributed by atoms with E-state index in [4.69, 9.17) is 28.4 Å². The van der Waals surface area contributed by atoms with E-state index in [0.717, 1.165) is 44.9 Å². The van der Waals surface area contributed by atoms with Crippen LogP contribution in [0.4, 0.5) is 0 Å². The molecule has 3 heterocycles. The summed E-state index contributed by atoms with van der Waals surface area (Å²) in [5.74, 6) is -0.410. The van der Waals surface area contributed by atoms with Gasteiger partial charge in [0.05, 0.1) is 38.6 Å². The number of hydrogen-bond acceptors (Lipinski definition) is 18. The average molecular weight is 1000 g/mol. The molecule has 402 valence electrons. The molecule has 19 nitrogen and oxygen atoms in total. The molecule has 3 aliphatic rings. The SMILES string of the molecule is CC/C=C\C/C=C\C/C=C\C/C=C\C/C=C\CC(=O)NC(COC1OC(CO)C(OC2OC(CO)C(OC3OC(CO)C(O)C(O)C3O)C(O)C2O)C(O)C1O)C(O)/C=C/CCCCCCCCCC. The van der Waals surface area contributed by atoms with Gasteiger partial charge < -0.3 is 89.9 Å². The maximum Gasteiger partial charge on any atom is 0.224 e. The molecule has 70 heavy (non-hydrogen) atoms. The Balaban J connectivity index is 1.60. The summed E-state index contributed by atoms with van der Waals surface area (Å²) in [5.41, 5.74) is 0. The van der Waals surface area contributed by atoms with Gasteiger partial charge in [0.1, 0.15) is 73.2 Å². The van der Waals surface area contributed by atoms with Crippen molar-refractivity contribution >= 4 is 5.91 Å². The van der Waals surface area contributed by atoms with Crippen LogP contribution in [0, 0.1) is 0 Å². The Labute approximate surface area is 413 Å². The highest BCUT2D eigenvalue weighted by molar-refractivity contribution is 5.77. The molecule has 12 N–H and O–H groups in total. The lowest BCUT2D eigenvalue weighted by Gasteiger charge is -2.48. The Bertz CT molecular complexity index is 1570. The highest BCUT2D eigenvalue weighted by Gasteiger charge is 2.53. The summed E-state index contributed by atoms with van der Waals surface area (Å²) in [4.78, 5) is 13.1. The van der Waals surface area contributed by atoms with E-state index >= 15 is 0 Å². The molecule has 19 heteroatoms. The van der Waals surface area contributed by atoms with Crippen LogP contribution in [0.15, 0.2) is 72.9 Å². The van der Waals surface area contributed by atoms with Crippen LogP contribution < -0.4 is 5.32 Å². The van der Waals surface area contributed by atoms with Gasteiger partial charge in [-0.15, -0.1) is 0 Å². The summed E-state index contributed by atoms with van der Waals surface area (Å²) in [6.45, 7) is 1.45. The number of nitrogens with one attached hydrogen (secondary N) is 1. The molecule has 0 aromatic rings. The number of ether oxygens (including phenoxy) is 6. The molecule has 3 rings (SSSR count). The van der Waals surface area contributed by atoms with E-state index in [1.165, 1.54) is 32.1 Å². The van der Waals surface area contributed by atoms with E-state index in [9.17, 15) is 61.0 Å². The van der Waals surface area contributed by atoms with E-state index in [1.807, 2.05) is 24.3 Å². The number of aliphatic hydroxyl groups is 11. The molecule has 17 atom stereocenters. The number of carbonyl (C=O) groups excluding carboxylic acids is 1. The number of rotatable bonds is 33. The summed E-state index contributed by atoms with van der Waals surface area (Å²) in [6, 6.07) is -1.03. The maximum atomic E-state index is 13.1. The maximum absolute atomic E-state index is 13.1. The lowest BCUT2D eigenvalue weighted by Crippen LogP contribution is -2.66. The predicted molar refractivity (Wildman–Crippen MR) is 258 cm³/mol. The van der Waals surface area contributed by atoms with E-state index in [2.05, 4.69) is 55.6 Å². The lowest BCUT2D eigenvalue weighted by molar-refractivity contribution is -0.379. The number of unbranched alkanes of at least 4 members (excludes halogenated alkanes) is 8. The highest BCUT2D eigenvalue weighted by atomic mass is 16.8. The van der Waals surface area contributed by atoms with Gasteiger partial charge in [-0.05, 0) is 44.9 Å². The normalized spacial score (nSPS) is 33.2. The molecule has 3 aliphatic heterocycles. The Morgan fingerprint density at radius 3 is 1.49 bits per heavy atom. The molecular weight excluding hydrogens is 915 g/mol. The van der Waals surface area contributed by atoms with Crippen molar-refractivity contribution in [3.8, 4) is 0 Å². The third-order valence-corrected chi connectivity index (χ3v) is 12.3. The zero-order valence-electron chi connectivity index (χ0n) is 41.0. The van der Waals surface area contributed by atoms with Crippen LogP contribution in [0.25, 0.3) is 0 Å². The van der Waals surface area contributed by atoms with Crippen molar-refractivity contribution in [1.29, 1.82) is 0 Å². The van der Waals surface area contributed by atoms with Crippen LogP contribution in [0.3, 0.4) is 0 Å². The van der Waals surface area contributed by atoms with Crippen molar-refractivity contribution in [3.05, 3.63) is 72.9 Å². The first-order valence-electron chi connectivity index (χ1n) is 25.2. The zero-order chi connectivity index (χ0) is 51.3. The number of amides is 1. The van der Waals surface area contributed by atoms with Crippen LogP contribution in [-0.2, 0) is 33.2 Å². The third kappa shape index (κ3) is 21.0. The van der Waals surface area contributed by atoms with Crippen molar-refractivity contribution in [2.75, 3.05) is 26.4 Å². The summed E-state index contributed by atoms with van der Waals surface area (Å²) < 4.78 is 34.0. The van der Waals surface area contributed by atoms with Gasteiger partial charge in [-0.1, -0.05) is 132 Å². The molecule has 3 fully saturated rings.